The predicted octanol–water partition coefficient (Wildman–Crippen LogP) is 1.50. The second kappa shape index (κ2) is 7.23. The molecule has 1 aromatic carbocycles. The number of nitrogens with zero attached hydrogens (tertiary/aromatic N) is 5. The standard InChI is InChI=1S/C22H28FN7O2/c1-10-3-4-11(9-29(10)21(31)17-12-5-6-25-18(12)17)19-27-20-13-7-14(23)16(32-2)8-15(13)26-22(24)30(20)28-19/h7-8,10-12,17-18,21,25,31H,3-6,9H2,1-2H3,(H2,24,26)/t10-,11+,12?,17?,18?,21?/m0/s1. The van der Waals surface area contributed by atoms with E-state index in [1.54, 1.807) is 0 Å². The number of benzene rings is 1. The van der Waals surface area contributed by atoms with E-state index in [0.717, 1.165) is 25.8 Å². The highest BCUT2D eigenvalue weighted by molar-refractivity contribution is 5.93. The first-order chi connectivity index (χ1) is 15.5. The molecule has 4 unspecified atom stereocenters. The van der Waals surface area contributed by atoms with Crippen LogP contribution in [0.2, 0.25) is 0 Å². The van der Waals surface area contributed by atoms with Crippen molar-refractivity contribution in [2.75, 3.05) is 25.9 Å². The molecule has 0 amide bonds. The summed E-state index contributed by atoms with van der Waals surface area (Å²) >= 11 is 0. The van der Waals surface area contributed by atoms with Crippen LogP contribution in [0.5, 0.6) is 5.75 Å². The molecule has 6 rings (SSSR count). The number of anilines is 1. The van der Waals surface area contributed by atoms with Crippen LogP contribution in [-0.2, 0) is 0 Å². The van der Waals surface area contributed by atoms with Gasteiger partial charge in [-0.15, -0.1) is 5.10 Å². The van der Waals surface area contributed by atoms with E-state index in [-0.39, 0.29) is 17.6 Å². The van der Waals surface area contributed by atoms with Gasteiger partial charge in [0.25, 0.3) is 0 Å². The zero-order valence-corrected chi connectivity index (χ0v) is 18.2. The number of rotatable bonds is 4. The highest BCUT2D eigenvalue weighted by atomic mass is 19.1. The second-order valence-electron chi connectivity index (χ2n) is 9.42. The van der Waals surface area contributed by atoms with Crippen LogP contribution >= 0.6 is 0 Å². The molecule has 10 heteroatoms. The van der Waals surface area contributed by atoms with E-state index in [4.69, 9.17) is 15.5 Å². The van der Waals surface area contributed by atoms with Gasteiger partial charge in [0.1, 0.15) is 6.23 Å². The van der Waals surface area contributed by atoms with Crippen LogP contribution in [0.15, 0.2) is 12.1 Å². The van der Waals surface area contributed by atoms with Gasteiger partial charge in [-0.3, -0.25) is 4.90 Å². The van der Waals surface area contributed by atoms with E-state index >= 15 is 0 Å². The van der Waals surface area contributed by atoms with Gasteiger partial charge in [0, 0.05) is 41.9 Å². The lowest BCUT2D eigenvalue weighted by Gasteiger charge is -2.40. The summed E-state index contributed by atoms with van der Waals surface area (Å²) in [5, 5.41) is 19.8. The number of ether oxygens (including phenoxy) is 1. The minimum Gasteiger partial charge on any atom is -0.494 e. The number of methoxy groups -OCH3 is 1. The van der Waals surface area contributed by atoms with Crippen LogP contribution in [0.3, 0.4) is 0 Å². The van der Waals surface area contributed by atoms with Crippen LogP contribution in [0.4, 0.5) is 10.3 Å². The average molecular weight is 442 g/mol. The number of halogens is 1. The number of fused-ring (bicyclic) bond motifs is 4. The highest BCUT2D eigenvalue weighted by Gasteiger charge is 2.58. The van der Waals surface area contributed by atoms with Crippen molar-refractivity contribution in [3.63, 3.8) is 0 Å². The number of nitrogens with one attached hydrogen (secondary N) is 1. The van der Waals surface area contributed by atoms with Crippen molar-refractivity contribution in [2.45, 2.75) is 50.4 Å². The number of aliphatic hydroxyl groups excluding tert-OH is 1. The Bertz CT molecular complexity index is 1190. The minimum absolute atomic E-state index is 0.0600. The van der Waals surface area contributed by atoms with Gasteiger partial charge in [0.2, 0.25) is 5.95 Å². The van der Waals surface area contributed by atoms with Gasteiger partial charge >= 0.3 is 0 Å². The van der Waals surface area contributed by atoms with Crippen molar-refractivity contribution in [1.29, 1.82) is 0 Å². The predicted molar refractivity (Wildman–Crippen MR) is 117 cm³/mol. The first-order valence-corrected chi connectivity index (χ1v) is 11.3. The largest absolute Gasteiger partial charge is 0.494 e. The lowest BCUT2D eigenvalue weighted by atomic mass is 9.92. The Kier molecular flexibility index (Phi) is 4.53. The maximum atomic E-state index is 14.4. The Morgan fingerprint density at radius 1 is 1.28 bits per heavy atom. The van der Waals surface area contributed by atoms with Crippen LogP contribution in [0.25, 0.3) is 16.6 Å². The van der Waals surface area contributed by atoms with Crippen LogP contribution in [0.1, 0.15) is 37.9 Å². The second-order valence-corrected chi connectivity index (χ2v) is 9.42. The molecule has 3 aliphatic rings. The Hall–Kier alpha value is -2.56. The summed E-state index contributed by atoms with van der Waals surface area (Å²) in [5.74, 6) is 1.43. The zero-order chi connectivity index (χ0) is 22.1. The quantitative estimate of drug-likeness (QED) is 0.558. The molecule has 3 fully saturated rings. The van der Waals surface area contributed by atoms with Crippen molar-refractivity contribution in [2.24, 2.45) is 11.8 Å². The maximum absolute atomic E-state index is 14.4. The van der Waals surface area contributed by atoms with Crippen LogP contribution in [-0.4, -0.2) is 68.1 Å². The molecule has 2 saturated heterocycles. The van der Waals surface area contributed by atoms with E-state index < -0.39 is 12.0 Å². The molecule has 6 atom stereocenters. The lowest BCUT2D eigenvalue weighted by Crippen LogP contribution is -2.49. The summed E-state index contributed by atoms with van der Waals surface area (Å²) in [7, 11) is 1.41. The highest BCUT2D eigenvalue weighted by Crippen LogP contribution is 2.49. The molecular weight excluding hydrogens is 413 g/mol. The molecule has 1 saturated carbocycles. The normalized spacial score (nSPS) is 31.2. The van der Waals surface area contributed by atoms with Gasteiger partial charge in [-0.1, -0.05) is 0 Å². The summed E-state index contributed by atoms with van der Waals surface area (Å²) in [6.07, 6.45) is 2.56. The molecule has 1 aliphatic carbocycles. The van der Waals surface area contributed by atoms with Gasteiger partial charge in [-0.05, 0) is 44.7 Å². The minimum atomic E-state index is -0.484. The third-order valence-electron chi connectivity index (χ3n) is 7.65. The van der Waals surface area contributed by atoms with Crippen LogP contribution < -0.4 is 15.8 Å². The Labute approximate surface area is 184 Å². The van der Waals surface area contributed by atoms with Crippen molar-refractivity contribution < 1.29 is 14.2 Å². The number of likely N-dealkylation sites (tertiary alicyclic amines) is 1. The Morgan fingerprint density at radius 2 is 2.12 bits per heavy atom. The number of piperidine rings is 2. The van der Waals surface area contributed by atoms with Gasteiger partial charge in [-0.25, -0.2) is 14.4 Å². The number of nitrogen functional groups attached to an aromatic ring is 1. The smallest absolute Gasteiger partial charge is 0.223 e. The van der Waals surface area contributed by atoms with Gasteiger partial charge < -0.3 is 20.9 Å². The third kappa shape index (κ3) is 2.96. The first kappa shape index (κ1) is 20.1. The molecule has 3 aromatic rings. The summed E-state index contributed by atoms with van der Waals surface area (Å²) in [6.45, 7) is 3.91. The fourth-order valence-corrected chi connectivity index (χ4v) is 5.79. The lowest BCUT2D eigenvalue weighted by molar-refractivity contribution is -0.0602. The van der Waals surface area contributed by atoms with Crippen molar-refractivity contribution in [1.82, 2.24) is 29.8 Å². The maximum Gasteiger partial charge on any atom is 0.223 e. The number of hydrogen-bond acceptors (Lipinski definition) is 8. The molecule has 9 nitrogen and oxygen atoms in total. The summed E-state index contributed by atoms with van der Waals surface area (Å²) < 4.78 is 20.9. The number of aromatic nitrogens is 4. The molecule has 32 heavy (non-hydrogen) atoms. The van der Waals surface area contributed by atoms with E-state index in [0.29, 0.717) is 52.8 Å². The fourth-order valence-electron chi connectivity index (χ4n) is 5.79. The number of nitrogens with two attached hydrogens (primary N) is 1. The third-order valence-corrected chi connectivity index (χ3v) is 7.65. The van der Waals surface area contributed by atoms with Gasteiger partial charge in [0.15, 0.2) is 23.0 Å². The van der Waals surface area contributed by atoms with E-state index in [2.05, 4.69) is 27.2 Å². The fraction of sp³-hybridized carbons (Fsp3) is 0.591. The van der Waals surface area contributed by atoms with Crippen molar-refractivity contribution in [3.05, 3.63) is 23.8 Å². The molecule has 2 aliphatic heterocycles. The van der Waals surface area contributed by atoms with Gasteiger partial charge in [0.05, 0.1) is 12.6 Å². The molecule has 0 bridgehead atoms. The number of aliphatic hydroxyl groups is 1. The number of hydrogen-bond donors (Lipinski definition) is 3. The Morgan fingerprint density at radius 3 is 2.88 bits per heavy atom. The molecule has 4 N–H and O–H groups in total. The zero-order valence-electron chi connectivity index (χ0n) is 18.2. The van der Waals surface area contributed by atoms with E-state index in [1.165, 1.54) is 23.8 Å². The van der Waals surface area contributed by atoms with E-state index in [1.807, 2.05) is 0 Å². The van der Waals surface area contributed by atoms with Crippen LogP contribution in [0, 0.1) is 17.7 Å². The SMILES string of the molecule is COc1cc2nc(N)n3nc([C@@H]4CC[C@H](C)N(C(O)C5C6CCNC65)C4)nc3c2cc1F. The summed E-state index contributed by atoms with van der Waals surface area (Å²) in [5.41, 5.74) is 7.14. The average Bonchev–Trinajstić information content (AvgIpc) is 3.12. The van der Waals surface area contributed by atoms with Gasteiger partial charge in [-0.2, -0.15) is 4.52 Å². The molecule has 4 heterocycles. The van der Waals surface area contributed by atoms with Crippen molar-refractivity contribution >= 4 is 22.5 Å². The molecule has 170 valence electrons. The molecular formula is C22H28FN7O2. The molecule has 0 spiro atoms. The molecule has 0 radical (unpaired) electrons. The topological polar surface area (TPSA) is 114 Å². The van der Waals surface area contributed by atoms with E-state index in [9.17, 15) is 9.50 Å². The molecule has 2 aromatic heterocycles. The summed E-state index contributed by atoms with van der Waals surface area (Å²) in [4.78, 5) is 11.3. The monoisotopic (exact) mass is 441 g/mol. The first-order valence-electron chi connectivity index (χ1n) is 11.3. The Balaban J connectivity index is 1.33. The summed E-state index contributed by atoms with van der Waals surface area (Å²) in [6, 6.07) is 3.64. The van der Waals surface area contributed by atoms with Crippen molar-refractivity contribution in [3.8, 4) is 5.75 Å².